The highest BCUT2D eigenvalue weighted by Gasteiger charge is 2.31. The number of aromatic carboxylic acids is 1. The smallest absolute Gasteiger partial charge is 0.335 e. The molecule has 2 aromatic rings. The maximum atomic E-state index is 13.5. The number of nitrogens with zero attached hydrogens (tertiary/aromatic N) is 1. The monoisotopic (exact) mass is 448 g/mol. The molecule has 1 aliphatic heterocycles. The first-order valence-corrected chi connectivity index (χ1v) is 9.67. The standard InChI is InChI=1S/C22H19ClF2N2O4/c1-12(13-3-5-14(6-4-13)21(29)30)27-19(28)16-10-22(2,23)11-26-20(16)31-15-7-8-17(24)18(25)9-15/h3-10,12H,11H2,1-2H3,(H,27,28)(H,29,30)/t12-,22?/m0/s1. The number of nitrogens with one attached hydrogen (secondary N) is 1. The summed E-state index contributed by atoms with van der Waals surface area (Å²) < 4.78 is 32.2. The highest BCUT2D eigenvalue weighted by atomic mass is 35.5. The molecule has 0 bridgehead atoms. The second-order valence-corrected chi connectivity index (χ2v) is 8.12. The third kappa shape index (κ3) is 5.46. The zero-order valence-corrected chi connectivity index (χ0v) is 17.4. The van der Waals surface area contributed by atoms with Crippen LogP contribution in [-0.2, 0) is 4.79 Å². The molecule has 0 saturated carbocycles. The first kappa shape index (κ1) is 22.4. The van der Waals surface area contributed by atoms with Crippen LogP contribution in [0.15, 0.2) is 59.1 Å². The van der Waals surface area contributed by atoms with Gasteiger partial charge in [-0.2, -0.15) is 0 Å². The van der Waals surface area contributed by atoms with E-state index in [1.807, 2.05) is 0 Å². The number of carboxylic acids is 1. The van der Waals surface area contributed by atoms with Crippen LogP contribution in [0, 0.1) is 11.6 Å². The molecule has 0 aromatic heterocycles. The summed E-state index contributed by atoms with van der Waals surface area (Å²) in [7, 11) is 0. The van der Waals surface area contributed by atoms with E-state index in [1.165, 1.54) is 24.3 Å². The van der Waals surface area contributed by atoms with Crippen LogP contribution in [0.4, 0.5) is 8.78 Å². The maximum Gasteiger partial charge on any atom is 0.335 e. The Bertz CT molecular complexity index is 1080. The number of ether oxygens (including phenoxy) is 1. The molecule has 1 amide bonds. The molecule has 0 radical (unpaired) electrons. The Morgan fingerprint density at radius 1 is 1.19 bits per heavy atom. The van der Waals surface area contributed by atoms with Gasteiger partial charge in [-0.15, -0.1) is 11.6 Å². The van der Waals surface area contributed by atoms with Gasteiger partial charge in [0.1, 0.15) is 5.75 Å². The molecule has 1 aliphatic rings. The number of hydrogen-bond donors (Lipinski definition) is 2. The third-order valence-electron chi connectivity index (χ3n) is 4.56. The van der Waals surface area contributed by atoms with Crippen molar-refractivity contribution in [2.24, 2.45) is 4.99 Å². The molecule has 31 heavy (non-hydrogen) atoms. The zero-order chi connectivity index (χ0) is 22.8. The fraction of sp³-hybridized carbons (Fsp3) is 0.227. The molecule has 6 nitrogen and oxygen atoms in total. The van der Waals surface area contributed by atoms with Crippen molar-refractivity contribution < 1.29 is 28.2 Å². The highest BCUT2D eigenvalue weighted by Crippen LogP contribution is 2.26. The van der Waals surface area contributed by atoms with Crippen molar-refractivity contribution in [1.82, 2.24) is 5.32 Å². The first-order valence-electron chi connectivity index (χ1n) is 9.29. The quantitative estimate of drug-likeness (QED) is 0.669. The van der Waals surface area contributed by atoms with Crippen LogP contribution in [0.1, 0.15) is 35.8 Å². The highest BCUT2D eigenvalue weighted by molar-refractivity contribution is 6.28. The van der Waals surface area contributed by atoms with Gasteiger partial charge in [0.15, 0.2) is 11.6 Å². The SMILES string of the molecule is C[C@H](NC(=O)C1=CC(C)(Cl)CN=C1Oc1ccc(F)c(F)c1)c1ccc(C(=O)O)cc1. The minimum absolute atomic E-state index is 0.0215. The largest absolute Gasteiger partial charge is 0.478 e. The van der Waals surface area contributed by atoms with Gasteiger partial charge in [0.2, 0.25) is 5.90 Å². The van der Waals surface area contributed by atoms with E-state index >= 15 is 0 Å². The number of benzene rings is 2. The average Bonchev–Trinajstić information content (AvgIpc) is 2.71. The predicted molar refractivity (Wildman–Crippen MR) is 112 cm³/mol. The number of carboxylic acid groups (broad SMARTS) is 1. The molecular formula is C22H19ClF2N2O4. The van der Waals surface area contributed by atoms with Gasteiger partial charge in [-0.05, 0) is 49.8 Å². The van der Waals surface area contributed by atoms with Gasteiger partial charge in [0.05, 0.1) is 28.6 Å². The minimum atomic E-state index is -1.09. The molecule has 0 saturated heterocycles. The number of alkyl halides is 1. The summed E-state index contributed by atoms with van der Waals surface area (Å²) in [5, 5.41) is 11.8. The Labute approximate surface area is 182 Å². The predicted octanol–water partition coefficient (Wildman–Crippen LogP) is 4.26. The van der Waals surface area contributed by atoms with Crippen LogP contribution >= 0.6 is 11.6 Å². The number of aliphatic imine (C=N–C) groups is 1. The molecule has 3 rings (SSSR count). The van der Waals surface area contributed by atoms with Crippen molar-refractivity contribution >= 4 is 29.4 Å². The molecule has 0 aliphatic carbocycles. The van der Waals surface area contributed by atoms with E-state index in [0.717, 1.165) is 12.1 Å². The molecule has 2 N–H and O–H groups in total. The first-order chi connectivity index (χ1) is 14.6. The van der Waals surface area contributed by atoms with Gasteiger partial charge < -0.3 is 15.2 Å². The van der Waals surface area contributed by atoms with E-state index in [9.17, 15) is 18.4 Å². The Kier molecular flexibility index (Phi) is 6.40. The van der Waals surface area contributed by atoms with Crippen LogP contribution in [0.2, 0.25) is 0 Å². The van der Waals surface area contributed by atoms with Gasteiger partial charge in [-0.1, -0.05) is 12.1 Å². The number of dihydropyridines is 1. The summed E-state index contributed by atoms with van der Waals surface area (Å²) in [5.74, 6) is -3.80. The molecule has 162 valence electrons. The lowest BCUT2D eigenvalue weighted by molar-refractivity contribution is -0.117. The van der Waals surface area contributed by atoms with Crippen molar-refractivity contribution in [2.75, 3.05) is 6.54 Å². The number of carbonyl (C=O) groups is 2. The Morgan fingerprint density at radius 3 is 2.48 bits per heavy atom. The van der Waals surface area contributed by atoms with Crippen LogP contribution in [0.5, 0.6) is 5.75 Å². The van der Waals surface area contributed by atoms with E-state index in [4.69, 9.17) is 21.4 Å². The van der Waals surface area contributed by atoms with Gasteiger partial charge in [0.25, 0.3) is 5.91 Å². The lowest BCUT2D eigenvalue weighted by Gasteiger charge is -2.25. The lowest BCUT2D eigenvalue weighted by Crippen LogP contribution is -2.37. The number of amides is 1. The van der Waals surface area contributed by atoms with E-state index in [-0.39, 0.29) is 29.3 Å². The summed E-state index contributed by atoms with van der Waals surface area (Å²) in [4.78, 5) is 27.2. The van der Waals surface area contributed by atoms with Crippen LogP contribution in [0.25, 0.3) is 0 Å². The second kappa shape index (κ2) is 8.85. The molecule has 1 heterocycles. The third-order valence-corrected chi connectivity index (χ3v) is 4.79. The topological polar surface area (TPSA) is 88.0 Å². The molecular weight excluding hydrogens is 430 g/mol. The fourth-order valence-electron chi connectivity index (χ4n) is 2.89. The molecule has 0 spiro atoms. The minimum Gasteiger partial charge on any atom is -0.478 e. The molecule has 2 atom stereocenters. The maximum absolute atomic E-state index is 13.5. The van der Waals surface area contributed by atoms with Crippen LogP contribution in [-0.4, -0.2) is 34.3 Å². The zero-order valence-electron chi connectivity index (χ0n) is 16.7. The Balaban J connectivity index is 1.79. The van der Waals surface area contributed by atoms with E-state index in [2.05, 4.69) is 10.3 Å². The number of halogens is 3. The number of hydrogen-bond acceptors (Lipinski definition) is 4. The summed E-state index contributed by atoms with van der Waals surface area (Å²) >= 11 is 6.34. The van der Waals surface area contributed by atoms with Crippen LogP contribution in [0.3, 0.4) is 0 Å². The van der Waals surface area contributed by atoms with Gasteiger partial charge >= 0.3 is 5.97 Å². The van der Waals surface area contributed by atoms with Crippen molar-refractivity contribution in [1.29, 1.82) is 0 Å². The molecule has 2 aromatic carbocycles. The van der Waals surface area contributed by atoms with Crippen molar-refractivity contribution in [3.8, 4) is 5.75 Å². The fourth-order valence-corrected chi connectivity index (χ4v) is 3.06. The molecule has 1 unspecified atom stereocenters. The Morgan fingerprint density at radius 2 is 1.87 bits per heavy atom. The van der Waals surface area contributed by atoms with E-state index in [0.29, 0.717) is 5.56 Å². The number of carbonyl (C=O) groups excluding carboxylic acids is 1. The number of rotatable bonds is 5. The van der Waals surface area contributed by atoms with Gasteiger partial charge in [0, 0.05) is 6.07 Å². The van der Waals surface area contributed by atoms with Crippen molar-refractivity contribution in [2.45, 2.75) is 24.8 Å². The normalized spacial score (nSPS) is 19.1. The van der Waals surface area contributed by atoms with Crippen LogP contribution < -0.4 is 10.1 Å². The summed E-state index contributed by atoms with van der Waals surface area (Å²) in [6, 6.07) is 8.59. The summed E-state index contributed by atoms with van der Waals surface area (Å²) in [5.41, 5.74) is 0.857. The van der Waals surface area contributed by atoms with Gasteiger partial charge in [-0.25, -0.2) is 18.6 Å². The average molecular weight is 449 g/mol. The molecule has 9 heteroatoms. The second-order valence-electron chi connectivity index (χ2n) is 7.26. The summed E-state index contributed by atoms with van der Waals surface area (Å²) in [6.45, 7) is 3.52. The Hall–Kier alpha value is -3.26. The van der Waals surface area contributed by atoms with E-state index < -0.39 is 34.4 Å². The lowest BCUT2D eigenvalue weighted by atomic mass is 10.0. The van der Waals surface area contributed by atoms with Crippen molar-refractivity contribution in [3.63, 3.8) is 0 Å². The summed E-state index contributed by atoms with van der Waals surface area (Å²) in [6.07, 6.45) is 1.49. The van der Waals surface area contributed by atoms with E-state index in [1.54, 1.807) is 26.0 Å². The van der Waals surface area contributed by atoms with Crippen molar-refractivity contribution in [3.05, 3.63) is 76.9 Å². The molecule has 0 fully saturated rings. The van der Waals surface area contributed by atoms with Gasteiger partial charge in [-0.3, -0.25) is 4.79 Å².